The third-order valence-corrected chi connectivity index (χ3v) is 7.83. The second-order valence-electron chi connectivity index (χ2n) is 10.1. The molecular weight excluding hydrogens is 551 g/mol. The SMILES string of the molecule is CC(C)(C)OC(=O)N1CCC(Nc2cc(C(Sc3ccc(Cl)cc3)c3cc(F)ccc3F)c(Cl)cn2)CC1. The Kier molecular flexibility index (Phi) is 9.06. The summed E-state index contributed by atoms with van der Waals surface area (Å²) in [6.45, 7) is 6.64. The molecule has 10 heteroatoms. The van der Waals surface area contributed by atoms with Gasteiger partial charge in [-0.1, -0.05) is 23.2 Å². The van der Waals surface area contributed by atoms with E-state index in [9.17, 15) is 13.6 Å². The Hall–Kier alpha value is -2.55. The Bertz CT molecular complexity index is 1280. The third-order valence-electron chi connectivity index (χ3n) is 5.97. The minimum Gasteiger partial charge on any atom is -0.444 e. The number of thioether (sulfide) groups is 1. The zero-order valence-electron chi connectivity index (χ0n) is 21.3. The van der Waals surface area contributed by atoms with E-state index in [2.05, 4.69) is 10.3 Å². The van der Waals surface area contributed by atoms with Gasteiger partial charge in [0.25, 0.3) is 0 Å². The lowest BCUT2D eigenvalue weighted by atomic mass is 10.0. The number of benzene rings is 2. The lowest BCUT2D eigenvalue weighted by molar-refractivity contribution is 0.0210. The van der Waals surface area contributed by atoms with E-state index in [1.165, 1.54) is 24.0 Å². The number of ether oxygens (including phenoxy) is 1. The fraction of sp³-hybridized carbons (Fsp3) is 0.357. The van der Waals surface area contributed by atoms with Crippen LogP contribution in [0.15, 0.2) is 59.6 Å². The van der Waals surface area contributed by atoms with Gasteiger partial charge in [-0.05, 0) is 87.7 Å². The highest BCUT2D eigenvalue weighted by Crippen LogP contribution is 2.44. The Balaban J connectivity index is 1.55. The number of likely N-dealkylation sites (tertiary alicyclic amines) is 1. The smallest absolute Gasteiger partial charge is 0.410 e. The van der Waals surface area contributed by atoms with Gasteiger partial charge in [0.15, 0.2) is 0 Å². The predicted octanol–water partition coefficient (Wildman–Crippen LogP) is 8.36. The van der Waals surface area contributed by atoms with Gasteiger partial charge in [-0.2, -0.15) is 0 Å². The van der Waals surface area contributed by atoms with Crippen LogP contribution in [0.4, 0.5) is 19.4 Å². The number of carbonyl (C=O) groups excluding carboxylic acids is 1. The van der Waals surface area contributed by atoms with Crippen molar-refractivity contribution >= 4 is 46.9 Å². The van der Waals surface area contributed by atoms with Crippen molar-refractivity contribution < 1.29 is 18.3 Å². The van der Waals surface area contributed by atoms with Crippen LogP contribution in [0.3, 0.4) is 0 Å². The first-order valence-corrected chi connectivity index (χ1v) is 13.9. The van der Waals surface area contributed by atoms with Gasteiger partial charge in [0, 0.05) is 40.8 Å². The minimum absolute atomic E-state index is 0.0727. The second-order valence-corrected chi connectivity index (χ2v) is 12.1. The summed E-state index contributed by atoms with van der Waals surface area (Å²) in [5.74, 6) is -0.503. The molecule has 1 atom stereocenters. The van der Waals surface area contributed by atoms with E-state index in [-0.39, 0.29) is 17.7 Å². The lowest BCUT2D eigenvalue weighted by Crippen LogP contribution is -2.44. The molecule has 0 radical (unpaired) electrons. The molecule has 0 aliphatic carbocycles. The minimum atomic E-state index is -0.642. The average Bonchev–Trinajstić information content (AvgIpc) is 2.86. The molecular formula is C28H29Cl2F2N3O2S. The van der Waals surface area contributed by atoms with Crippen LogP contribution in [0.5, 0.6) is 0 Å². The van der Waals surface area contributed by atoms with Gasteiger partial charge in [0.05, 0.1) is 10.3 Å². The fourth-order valence-corrected chi connectivity index (χ4v) is 5.73. The average molecular weight is 581 g/mol. The molecule has 38 heavy (non-hydrogen) atoms. The van der Waals surface area contributed by atoms with Crippen LogP contribution in [0.2, 0.25) is 10.0 Å². The van der Waals surface area contributed by atoms with Crippen molar-refractivity contribution in [1.82, 2.24) is 9.88 Å². The Labute approximate surface area is 235 Å². The quantitative estimate of drug-likeness (QED) is 0.297. The molecule has 1 aliphatic heterocycles. The molecule has 0 spiro atoms. The molecule has 1 N–H and O–H groups in total. The summed E-state index contributed by atoms with van der Waals surface area (Å²) in [4.78, 5) is 19.3. The van der Waals surface area contributed by atoms with Crippen LogP contribution in [-0.2, 0) is 4.74 Å². The van der Waals surface area contributed by atoms with E-state index >= 15 is 0 Å². The van der Waals surface area contributed by atoms with Crippen molar-refractivity contribution in [3.8, 4) is 0 Å². The van der Waals surface area contributed by atoms with Gasteiger partial charge in [-0.15, -0.1) is 11.8 Å². The molecule has 2 heterocycles. The first-order chi connectivity index (χ1) is 18.0. The molecule has 1 fully saturated rings. The molecule has 4 rings (SSSR count). The zero-order chi connectivity index (χ0) is 27.4. The van der Waals surface area contributed by atoms with Gasteiger partial charge in [0.1, 0.15) is 23.1 Å². The van der Waals surface area contributed by atoms with E-state index < -0.39 is 22.5 Å². The summed E-state index contributed by atoms with van der Waals surface area (Å²) in [5, 5.41) is 3.69. The molecule has 1 unspecified atom stereocenters. The van der Waals surface area contributed by atoms with E-state index in [0.29, 0.717) is 47.4 Å². The predicted molar refractivity (Wildman–Crippen MR) is 149 cm³/mol. The number of aromatic nitrogens is 1. The highest BCUT2D eigenvalue weighted by Gasteiger charge is 2.28. The number of hydrogen-bond donors (Lipinski definition) is 1. The van der Waals surface area contributed by atoms with Gasteiger partial charge < -0.3 is 15.0 Å². The highest BCUT2D eigenvalue weighted by molar-refractivity contribution is 7.99. The molecule has 0 saturated carbocycles. The number of anilines is 1. The molecule has 1 amide bonds. The molecule has 202 valence electrons. The van der Waals surface area contributed by atoms with Crippen molar-refractivity contribution in [2.45, 2.75) is 55.4 Å². The molecule has 5 nitrogen and oxygen atoms in total. The van der Waals surface area contributed by atoms with Gasteiger partial charge in [-0.3, -0.25) is 0 Å². The summed E-state index contributed by atoms with van der Waals surface area (Å²) in [5.41, 5.74) is 0.229. The molecule has 1 aromatic heterocycles. The Morgan fingerprint density at radius 3 is 2.42 bits per heavy atom. The third kappa shape index (κ3) is 7.52. The van der Waals surface area contributed by atoms with Crippen molar-refractivity contribution in [3.05, 3.63) is 87.5 Å². The number of carbonyl (C=O) groups is 1. The first kappa shape index (κ1) is 28.5. The van der Waals surface area contributed by atoms with Crippen molar-refractivity contribution in [1.29, 1.82) is 0 Å². The molecule has 2 aromatic carbocycles. The fourth-order valence-electron chi connectivity index (χ4n) is 4.14. The number of piperidine rings is 1. The number of pyridine rings is 1. The second kappa shape index (κ2) is 12.1. The maximum absolute atomic E-state index is 15.0. The van der Waals surface area contributed by atoms with Crippen molar-refractivity contribution in [2.75, 3.05) is 18.4 Å². The summed E-state index contributed by atoms with van der Waals surface area (Å²) in [7, 11) is 0. The standard InChI is InChI=1S/C28H29Cl2F2N3O2S/c1-28(2,3)37-27(36)35-12-10-19(11-13-35)34-25-15-21(23(30)16-33-25)26(22-14-18(31)6-9-24(22)32)38-20-7-4-17(29)5-8-20/h4-9,14-16,19,26H,10-13H2,1-3H3,(H,33,34). The van der Waals surface area contributed by atoms with Crippen LogP contribution < -0.4 is 5.32 Å². The van der Waals surface area contributed by atoms with Crippen molar-refractivity contribution in [3.63, 3.8) is 0 Å². The van der Waals surface area contributed by atoms with Gasteiger partial charge in [-0.25, -0.2) is 18.6 Å². The number of halogens is 4. The maximum atomic E-state index is 15.0. The molecule has 1 saturated heterocycles. The van der Waals surface area contributed by atoms with Gasteiger partial charge >= 0.3 is 6.09 Å². The lowest BCUT2D eigenvalue weighted by Gasteiger charge is -2.34. The van der Waals surface area contributed by atoms with E-state index in [4.69, 9.17) is 27.9 Å². The topological polar surface area (TPSA) is 54.5 Å². The van der Waals surface area contributed by atoms with Crippen LogP contribution in [0, 0.1) is 11.6 Å². The van der Waals surface area contributed by atoms with Crippen LogP contribution in [-0.4, -0.2) is 40.7 Å². The zero-order valence-corrected chi connectivity index (χ0v) is 23.6. The van der Waals surface area contributed by atoms with Crippen LogP contribution in [0.1, 0.15) is 50.0 Å². The molecule has 1 aliphatic rings. The Morgan fingerprint density at radius 1 is 1.08 bits per heavy atom. The normalized spacial score (nSPS) is 15.3. The van der Waals surface area contributed by atoms with E-state index in [1.807, 2.05) is 32.9 Å². The molecule has 0 bridgehead atoms. The van der Waals surface area contributed by atoms with Gasteiger partial charge in [0.2, 0.25) is 0 Å². The number of rotatable bonds is 6. The Morgan fingerprint density at radius 2 is 1.76 bits per heavy atom. The van der Waals surface area contributed by atoms with E-state index in [1.54, 1.807) is 23.1 Å². The summed E-state index contributed by atoms with van der Waals surface area (Å²) in [6.07, 6.45) is 2.62. The largest absolute Gasteiger partial charge is 0.444 e. The van der Waals surface area contributed by atoms with Crippen molar-refractivity contribution in [2.24, 2.45) is 0 Å². The highest BCUT2D eigenvalue weighted by atomic mass is 35.5. The number of nitrogens with zero attached hydrogens (tertiary/aromatic N) is 2. The number of amides is 1. The summed E-state index contributed by atoms with van der Waals surface area (Å²) < 4.78 is 34.6. The number of hydrogen-bond acceptors (Lipinski definition) is 5. The monoisotopic (exact) mass is 579 g/mol. The van der Waals surface area contributed by atoms with Crippen LogP contribution in [0.25, 0.3) is 0 Å². The summed E-state index contributed by atoms with van der Waals surface area (Å²) in [6, 6.07) is 12.4. The summed E-state index contributed by atoms with van der Waals surface area (Å²) >= 11 is 14.0. The van der Waals surface area contributed by atoms with Crippen LogP contribution >= 0.6 is 35.0 Å². The maximum Gasteiger partial charge on any atom is 0.410 e. The molecule has 3 aromatic rings. The number of nitrogens with one attached hydrogen (secondary N) is 1. The van der Waals surface area contributed by atoms with E-state index in [0.717, 1.165) is 17.0 Å². The first-order valence-electron chi connectivity index (χ1n) is 12.3.